The first-order valence-corrected chi connectivity index (χ1v) is 3.35. The second-order valence-corrected chi connectivity index (χ2v) is 1.85. The second-order valence-electron chi connectivity index (χ2n) is 1.85. The highest BCUT2D eigenvalue weighted by Gasteiger charge is 1.96. The van der Waals surface area contributed by atoms with Gasteiger partial charge in [0, 0.05) is 6.08 Å². The van der Waals surface area contributed by atoms with E-state index in [9.17, 15) is 0 Å². The Labute approximate surface area is 73.3 Å². The van der Waals surface area contributed by atoms with E-state index in [1.165, 1.54) is 0 Å². The Balaban J connectivity index is 2.32. The van der Waals surface area contributed by atoms with Crippen LogP contribution in [-0.4, -0.2) is 6.34 Å². The van der Waals surface area contributed by atoms with Crippen LogP contribution in [0.15, 0.2) is 55.3 Å². The third-order valence-electron chi connectivity index (χ3n) is 1.03. The number of hydrogen-bond acceptors (Lipinski definition) is 2. The molecular weight excluding hydrogens is 172 g/mol. The van der Waals surface area contributed by atoms with Crippen molar-refractivity contribution in [2.45, 2.75) is 0 Å². The lowest BCUT2D eigenvalue weighted by atomic mass is 10.5. The van der Waals surface area contributed by atoms with Crippen molar-refractivity contribution in [1.29, 1.82) is 5.41 Å². The normalized spacial score (nSPS) is 16.5. The smallest absolute Gasteiger partial charge is 0.146 e. The van der Waals surface area contributed by atoms with E-state index in [1.54, 1.807) is 12.3 Å². The number of nitrogens with two attached hydrogens (primary N) is 1. The molecule has 0 amide bonds. The van der Waals surface area contributed by atoms with Gasteiger partial charge in [-0.2, -0.15) is 0 Å². The van der Waals surface area contributed by atoms with Gasteiger partial charge in [0.05, 0.1) is 6.20 Å². The molecular formula is C5H7N8+. The number of quaternary nitrogens is 1. The first-order valence-electron chi connectivity index (χ1n) is 3.35. The van der Waals surface area contributed by atoms with Crippen molar-refractivity contribution in [1.82, 2.24) is 0 Å². The third kappa shape index (κ3) is 3.72. The highest BCUT2D eigenvalue weighted by atomic mass is 15.6. The van der Waals surface area contributed by atoms with Crippen molar-refractivity contribution in [3.8, 4) is 0 Å². The number of nitrogens with zero attached hydrogens (tertiary/aromatic N) is 6. The predicted octanol–water partition coefficient (Wildman–Crippen LogP) is 0.712. The summed E-state index contributed by atoms with van der Waals surface area (Å²) in [4.78, 5) is 0. The van der Waals surface area contributed by atoms with E-state index in [0.29, 0.717) is 5.70 Å². The summed E-state index contributed by atoms with van der Waals surface area (Å²) >= 11 is 0. The summed E-state index contributed by atoms with van der Waals surface area (Å²) in [6.07, 6.45) is 6.13. The predicted molar refractivity (Wildman–Crippen MR) is 42.5 cm³/mol. The van der Waals surface area contributed by atoms with Crippen LogP contribution in [-0.2, 0) is 0 Å². The van der Waals surface area contributed by atoms with Crippen molar-refractivity contribution in [2.24, 2.45) is 31.1 Å². The molecule has 0 aromatic rings. The van der Waals surface area contributed by atoms with E-state index in [0.717, 1.165) is 6.34 Å². The molecule has 1 aliphatic heterocycles. The van der Waals surface area contributed by atoms with Gasteiger partial charge in [-0.15, -0.1) is 10.2 Å². The fourth-order valence-electron chi connectivity index (χ4n) is 0.587. The molecule has 0 bridgehead atoms. The van der Waals surface area contributed by atoms with E-state index in [4.69, 9.17) is 5.41 Å². The summed E-state index contributed by atoms with van der Waals surface area (Å²) in [5, 5.41) is 27.8. The monoisotopic (exact) mass is 179 g/mol. The first kappa shape index (κ1) is 9.00. The Morgan fingerprint density at radius 1 is 1.23 bits per heavy atom. The fraction of sp³-hybridized carbons (Fsp3) is 0. The molecule has 3 N–H and O–H groups in total. The molecule has 8 heteroatoms. The molecule has 0 unspecified atom stereocenters. The van der Waals surface area contributed by atoms with Crippen LogP contribution in [0.2, 0.25) is 0 Å². The van der Waals surface area contributed by atoms with Crippen molar-refractivity contribution in [2.75, 3.05) is 0 Å². The average Bonchev–Trinajstić information content (AvgIpc) is 2.63. The Morgan fingerprint density at radius 2 is 2.08 bits per heavy atom. The molecule has 1 heterocycles. The van der Waals surface area contributed by atoms with Gasteiger partial charge in [-0.05, 0) is 20.9 Å². The van der Waals surface area contributed by atoms with E-state index < -0.39 is 0 Å². The molecule has 66 valence electrons. The third-order valence-corrected chi connectivity index (χ3v) is 1.03. The van der Waals surface area contributed by atoms with Crippen molar-refractivity contribution in [3.63, 3.8) is 0 Å². The van der Waals surface area contributed by atoms with Crippen LogP contribution in [0.25, 0.3) is 0 Å². The molecule has 1 rings (SSSR count). The molecule has 0 saturated carbocycles. The minimum Gasteiger partial charge on any atom is -0.292 e. The summed E-state index contributed by atoms with van der Waals surface area (Å²) in [5.41, 5.74) is 0.697. The first-order chi connectivity index (χ1) is 6.43. The van der Waals surface area contributed by atoms with Crippen molar-refractivity contribution in [3.05, 3.63) is 24.2 Å². The van der Waals surface area contributed by atoms with E-state index in [2.05, 4.69) is 31.1 Å². The molecule has 0 aromatic heterocycles. The topological polar surface area (TPSA) is 115 Å². The molecule has 0 fully saturated rings. The van der Waals surface area contributed by atoms with Gasteiger partial charge in [0.25, 0.3) is 0 Å². The number of allylic oxidation sites excluding steroid dienone is 1. The lowest BCUT2D eigenvalue weighted by Crippen LogP contribution is -2.69. The average molecular weight is 179 g/mol. The molecule has 1 aliphatic rings. The zero-order chi connectivity index (χ0) is 9.36. The Bertz CT molecular complexity index is 308. The minimum atomic E-state index is 0.697. The van der Waals surface area contributed by atoms with Gasteiger partial charge in [-0.25, -0.2) is 0 Å². The summed E-state index contributed by atoms with van der Waals surface area (Å²) in [6, 6.07) is 0. The number of rotatable bonds is 4. The van der Waals surface area contributed by atoms with Gasteiger partial charge < -0.3 is 0 Å². The number of hydrogen-bond donors (Lipinski definition) is 2. The zero-order valence-electron chi connectivity index (χ0n) is 6.57. The fourth-order valence-corrected chi connectivity index (χ4v) is 0.587. The standard InChI is InChI=1S/C5H6N8/c6-4-8-10-12-13-11-9-5-1-2-7-3-5/h1-4,6-7H/p+1/b6-4?,10-8?,11-9?,13-12+. The lowest BCUT2D eigenvalue weighted by Gasteiger charge is -1.75. The largest absolute Gasteiger partial charge is 0.292 e. The molecule has 8 nitrogen and oxygen atoms in total. The van der Waals surface area contributed by atoms with Crippen LogP contribution in [0, 0.1) is 5.41 Å². The SMILES string of the molecule is N=CN=N/N=N/N=NC1=C[NH2+]C=C1. The molecule has 0 aliphatic carbocycles. The highest BCUT2D eigenvalue weighted by Crippen LogP contribution is 1.99. The molecule has 0 radical (unpaired) electrons. The van der Waals surface area contributed by atoms with E-state index >= 15 is 0 Å². The van der Waals surface area contributed by atoms with Crippen LogP contribution in [0.5, 0.6) is 0 Å². The van der Waals surface area contributed by atoms with Gasteiger partial charge in [0.15, 0.2) is 0 Å². The Kier molecular flexibility index (Phi) is 3.84. The maximum absolute atomic E-state index is 6.46. The lowest BCUT2D eigenvalue weighted by molar-refractivity contribution is -0.510. The van der Waals surface area contributed by atoms with Gasteiger partial charge in [0.2, 0.25) is 0 Å². The number of nitrogens with one attached hydrogen (secondary N) is 1. The van der Waals surface area contributed by atoms with Gasteiger partial charge in [0.1, 0.15) is 18.2 Å². The maximum Gasteiger partial charge on any atom is 0.146 e. The summed E-state index contributed by atoms with van der Waals surface area (Å²) < 4.78 is 0. The summed E-state index contributed by atoms with van der Waals surface area (Å²) in [5.74, 6) is 0. The second kappa shape index (κ2) is 5.55. The van der Waals surface area contributed by atoms with Gasteiger partial charge in [-0.1, -0.05) is 0 Å². The van der Waals surface area contributed by atoms with Crippen LogP contribution >= 0.6 is 0 Å². The molecule has 0 spiro atoms. The highest BCUT2D eigenvalue weighted by molar-refractivity contribution is 5.49. The van der Waals surface area contributed by atoms with Crippen LogP contribution < -0.4 is 5.32 Å². The van der Waals surface area contributed by atoms with E-state index in [1.807, 2.05) is 11.5 Å². The summed E-state index contributed by atoms with van der Waals surface area (Å²) in [7, 11) is 0. The molecule has 0 atom stereocenters. The molecule has 13 heavy (non-hydrogen) atoms. The Hall–Kier alpha value is -2.09. The zero-order valence-corrected chi connectivity index (χ0v) is 6.57. The van der Waals surface area contributed by atoms with Crippen molar-refractivity contribution >= 4 is 6.34 Å². The molecule has 0 aromatic carbocycles. The van der Waals surface area contributed by atoms with Crippen LogP contribution in [0.3, 0.4) is 0 Å². The van der Waals surface area contributed by atoms with Crippen LogP contribution in [0.1, 0.15) is 0 Å². The molecule has 0 saturated heterocycles. The Morgan fingerprint density at radius 3 is 2.77 bits per heavy atom. The van der Waals surface area contributed by atoms with E-state index in [-0.39, 0.29) is 0 Å². The van der Waals surface area contributed by atoms with Gasteiger partial charge in [-0.3, -0.25) is 10.7 Å². The van der Waals surface area contributed by atoms with Gasteiger partial charge >= 0.3 is 0 Å². The van der Waals surface area contributed by atoms with Crippen molar-refractivity contribution < 1.29 is 5.32 Å². The maximum atomic E-state index is 6.46. The van der Waals surface area contributed by atoms with Crippen LogP contribution in [0.4, 0.5) is 0 Å². The summed E-state index contributed by atoms with van der Waals surface area (Å²) in [6.45, 7) is 0. The quantitative estimate of drug-likeness (QED) is 0.274. The minimum absolute atomic E-state index is 0.697.